The van der Waals surface area contributed by atoms with Crippen molar-refractivity contribution in [1.29, 1.82) is 0 Å². The summed E-state index contributed by atoms with van der Waals surface area (Å²) in [6, 6.07) is 0.788. The zero-order valence-corrected chi connectivity index (χ0v) is 11.2. The molecule has 1 aliphatic carbocycles. The number of nitrogens with one attached hydrogen (secondary N) is 1. The molecule has 2 fully saturated rings. The van der Waals surface area contributed by atoms with Gasteiger partial charge in [0.05, 0.1) is 0 Å². The van der Waals surface area contributed by atoms with Crippen LogP contribution in [0.15, 0.2) is 0 Å². The maximum Gasteiger partial charge on any atom is 0.0476 e. The van der Waals surface area contributed by atoms with Gasteiger partial charge in [0.15, 0.2) is 0 Å². The summed E-state index contributed by atoms with van der Waals surface area (Å²) in [6.07, 6.45) is 8.16. The van der Waals surface area contributed by atoms with E-state index < -0.39 is 0 Å². The average molecular weight is 243 g/mol. The van der Waals surface area contributed by atoms with Gasteiger partial charge in [-0.1, -0.05) is 13.3 Å². The third kappa shape index (κ3) is 3.94. The first-order valence-electron chi connectivity index (χ1n) is 6.85. The fraction of sp³-hybridized carbons (Fsp3) is 1.00. The van der Waals surface area contributed by atoms with Crippen molar-refractivity contribution in [2.45, 2.75) is 62.0 Å². The van der Waals surface area contributed by atoms with Gasteiger partial charge in [0.2, 0.25) is 0 Å². The summed E-state index contributed by atoms with van der Waals surface area (Å²) in [7, 11) is 0. The Bertz CT molecular complexity index is 192. The maximum atomic E-state index is 5.42. The van der Waals surface area contributed by atoms with Crippen molar-refractivity contribution in [1.82, 2.24) is 5.32 Å². The zero-order valence-electron chi connectivity index (χ0n) is 10.4. The van der Waals surface area contributed by atoms with Gasteiger partial charge in [-0.2, -0.15) is 11.8 Å². The highest BCUT2D eigenvalue weighted by molar-refractivity contribution is 8.00. The van der Waals surface area contributed by atoms with Crippen LogP contribution < -0.4 is 5.32 Å². The Labute approximate surface area is 104 Å². The van der Waals surface area contributed by atoms with Crippen molar-refractivity contribution in [3.8, 4) is 0 Å². The first kappa shape index (κ1) is 12.7. The standard InChI is InChI=1S/C13H25NOS/c1-2-14-11-4-3-5-13(10-11)16-12-6-8-15-9-7-12/h11-14H,2-10H2,1H3. The summed E-state index contributed by atoms with van der Waals surface area (Å²) < 4.78 is 5.42. The molecule has 2 atom stereocenters. The average Bonchev–Trinajstić information content (AvgIpc) is 2.31. The number of hydrogen-bond acceptors (Lipinski definition) is 3. The molecule has 0 spiro atoms. The Balaban J connectivity index is 1.71. The van der Waals surface area contributed by atoms with Crippen LogP contribution in [0.4, 0.5) is 0 Å². The van der Waals surface area contributed by atoms with Crippen LogP contribution in [-0.2, 0) is 4.74 Å². The van der Waals surface area contributed by atoms with Crippen molar-refractivity contribution in [3.05, 3.63) is 0 Å². The summed E-state index contributed by atoms with van der Waals surface area (Å²) in [6.45, 7) is 5.32. The SMILES string of the molecule is CCNC1CCCC(SC2CCOCC2)C1. The highest BCUT2D eigenvalue weighted by Gasteiger charge is 2.25. The molecular formula is C13H25NOS. The van der Waals surface area contributed by atoms with Crippen LogP contribution in [0.3, 0.4) is 0 Å². The first-order valence-corrected chi connectivity index (χ1v) is 7.79. The van der Waals surface area contributed by atoms with E-state index in [-0.39, 0.29) is 0 Å². The third-order valence-corrected chi connectivity index (χ3v) is 5.34. The molecule has 2 unspecified atom stereocenters. The fourth-order valence-electron chi connectivity index (χ4n) is 2.83. The van der Waals surface area contributed by atoms with Gasteiger partial charge in [-0.25, -0.2) is 0 Å². The number of thioether (sulfide) groups is 1. The molecule has 1 heterocycles. The quantitative estimate of drug-likeness (QED) is 0.820. The van der Waals surface area contributed by atoms with E-state index in [1.807, 2.05) is 0 Å². The predicted octanol–water partition coefficient (Wildman–Crippen LogP) is 2.82. The van der Waals surface area contributed by atoms with Crippen LogP contribution in [0, 0.1) is 0 Å². The number of ether oxygens (including phenoxy) is 1. The molecule has 1 aliphatic heterocycles. The molecule has 1 saturated carbocycles. The number of hydrogen-bond donors (Lipinski definition) is 1. The van der Waals surface area contributed by atoms with Crippen molar-refractivity contribution >= 4 is 11.8 Å². The molecular weight excluding hydrogens is 218 g/mol. The second-order valence-corrected chi connectivity index (χ2v) is 6.60. The Morgan fingerprint density at radius 2 is 1.94 bits per heavy atom. The van der Waals surface area contributed by atoms with Gasteiger partial charge < -0.3 is 10.1 Å². The highest BCUT2D eigenvalue weighted by Crippen LogP contribution is 2.34. The molecule has 0 amide bonds. The molecule has 0 aromatic carbocycles. The molecule has 16 heavy (non-hydrogen) atoms. The van der Waals surface area contributed by atoms with E-state index >= 15 is 0 Å². The highest BCUT2D eigenvalue weighted by atomic mass is 32.2. The van der Waals surface area contributed by atoms with Crippen molar-refractivity contribution in [3.63, 3.8) is 0 Å². The van der Waals surface area contributed by atoms with Gasteiger partial charge in [0.25, 0.3) is 0 Å². The molecule has 2 aliphatic rings. The zero-order chi connectivity index (χ0) is 11.2. The lowest BCUT2D eigenvalue weighted by Gasteiger charge is -2.32. The maximum absolute atomic E-state index is 5.42. The lowest BCUT2D eigenvalue weighted by atomic mass is 9.95. The predicted molar refractivity (Wildman–Crippen MR) is 71.2 cm³/mol. The summed E-state index contributed by atoms with van der Waals surface area (Å²) in [5.74, 6) is 0. The van der Waals surface area contributed by atoms with Gasteiger partial charge in [0.1, 0.15) is 0 Å². The first-order chi connectivity index (χ1) is 7.88. The van der Waals surface area contributed by atoms with E-state index in [9.17, 15) is 0 Å². The van der Waals surface area contributed by atoms with Gasteiger partial charge in [0, 0.05) is 29.8 Å². The van der Waals surface area contributed by atoms with E-state index in [2.05, 4.69) is 24.0 Å². The second-order valence-electron chi connectivity index (χ2n) is 4.99. The Hall–Kier alpha value is 0.270. The minimum Gasteiger partial charge on any atom is -0.381 e. The molecule has 1 N–H and O–H groups in total. The molecule has 0 radical (unpaired) electrons. The van der Waals surface area contributed by atoms with Crippen molar-refractivity contribution in [2.24, 2.45) is 0 Å². The van der Waals surface area contributed by atoms with E-state index in [0.29, 0.717) is 0 Å². The lowest BCUT2D eigenvalue weighted by molar-refractivity contribution is 0.0998. The van der Waals surface area contributed by atoms with Crippen LogP contribution in [0.5, 0.6) is 0 Å². The summed E-state index contributed by atoms with van der Waals surface area (Å²) in [5.41, 5.74) is 0. The van der Waals surface area contributed by atoms with E-state index in [1.54, 1.807) is 0 Å². The van der Waals surface area contributed by atoms with Crippen LogP contribution >= 0.6 is 11.8 Å². The molecule has 94 valence electrons. The fourth-order valence-corrected chi connectivity index (χ4v) is 4.48. The normalized spacial score (nSPS) is 32.8. The van der Waals surface area contributed by atoms with Crippen LogP contribution in [0.2, 0.25) is 0 Å². The summed E-state index contributed by atoms with van der Waals surface area (Å²) in [5, 5.41) is 5.39. The van der Waals surface area contributed by atoms with Gasteiger partial charge >= 0.3 is 0 Å². The van der Waals surface area contributed by atoms with E-state index in [4.69, 9.17) is 4.74 Å². The Morgan fingerprint density at radius 3 is 2.69 bits per heavy atom. The molecule has 1 saturated heterocycles. The van der Waals surface area contributed by atoms with Gasteiger partial charge in [-0.3, -0.25) is 0 Å². The molecule has 2 rings (SSSR count). The third-order valence-electron chi connectivity index (χ3n) is 3.67. The molecule has 2 nitrogen and oxygen atoms in total. The second kappa shape index (κ2) is 6.87. The molecule has 0 aromatic heterocycles. The topological polar surface area (TPSA) is 21.3 Å². The summed E-state index contributed by atoms with van der Waals surface area (Å²) in [4.78, 5) is 0. The van der Waals surface area contributed by atoms with Crippen LogP contribution in [0.1, 0.15) is 45.4 Å². The minimum atomic E-state index is 0.788. The monoisotopic (exact) mass is 243 g/mol. The summed E-state index contributed by atoms with van der Waals surface area (Å²) >= 11 is 2.25. The van der Waals surface area contributed by atoms with Crippen molar-refractivity contribution < 1.29 is 4.74 Å². The largest absolute Gasteiger partial charge is 0.381 e. The Morgan fingerprint density at radius 1 is 1.12 bits per heavy atom. The smallest absolute Gasteiger partial charge is 0.0476 e. The minimum absolute atomic E-state index is 0.788. The molecule has 0 aromatic rings. The van der Waals surface area contributed by atoms with Gasteiger partial charge in [-0.15, -0.1) is 0 Å². The van der Waals surface area contributed by atoms with Crippen LogP contribution in [-0.4, -0.2) is 36.3 Å². The lowest BCUT2D eigenvalue weighted by Crippen LogP contribution is -2.35. The molecule has 3 heteroatoms. The molecule has 0 bridgehead atoms. The number of rotatable bonds is 4. The van der Waals surface area contributed by atoms with E-state index in [1.165, 1.54) is 38.5 Å². The van der Waals surface area contributed by atoms with Crippen LogP contribution in [0.25, 0.3) is 0 Å². The van der Waals surface area contributed by atoms with Gasteiger partial charge in [-0.05, 0) is 38.6 Å². The Kier molecular flexibility index (Phi) is 5.46. The van der Waals surface area contributed by atoms with E-state index in [0.717, 1.165) is 36.3 Å². The van der Waals surface area contributed by atoms with Crippen molar-refractivity contribution in [2.75, 3.05) is 19.8 Å².